The van der Waals surface area contributed by atoms with Gasteiger partial charge in [0.25, 0.3) is 5.91 Å². The lowest BCUT2D eigenvalue weighted by Crippen LogP contribution is -2.53. The highest BCUT2D eigenvalue weighted by molar-refractivity contribution is 7.98. The zero-order valence-corrected chi connectivity index (χ0v) is 15.8. The number of piperidine rings is 1. The van der Waals surface area contributed by atoms with Crippen LogP contribution in [0, 0.1) is 5.41 Å². The molecule has 25 heavy (non-hydrogen) atoms. The van der Waals surface area contributed by atoms with Crippen molar-refractivity contribution in [2.75, 3.05) is 13.1 Å². The minimum absolute atomic E-state index is 0.0276. The minimum Gasteiger partial charge on any atom is -0.338 e. The molecule has 2 aromatic carbocycles. The van der Waals surface area contributed by atoms with Crippen LogP contribution in [0.5, 0.6) is 0 Å². The van der Waals surface area contributed by atoms with E-state index in [2.05, 4.69) is 50.2 Å². The van der Waals surface area contributed by atoms with Gasteiger partial charge in [-0.05, 0) is 41.7 Å². The fourth-order valence-corrected chi connectivity index (χ4v) is 4.03. The maximum Gasteiger partial charge on any atom is 0.253 e. The summed E-state index contributed by atoms with van der Waals surface area (Å²) in [6, 6.07) is 18.5. The topological polar surface area (TPSA) is 46.3 Å². The molecule has 1 heterocycles. The third-order valence-electron chi connectivity index (χ3n) is 4.95. The first-order chi connectivity index (χ1) is 12.0. The van der Waals surface area contributed by atoms with Gasteiger partial charge in [0.05, 0.1) is 0 Å². The van der Waals surface area contributed by atoms with Gasteiger partial charge in [-0.1, -0.05) is 44.2 Å². The number of benzene rings is 2. The highest BCUT2D eigenvalue weighted by Crippen LogP contribution is 2.29. The first kappa shape index (κ1) is 18.0. The van der Waals surface area contributed by atoms with Gasteiger partial charge in [-0.15, -0.1) is 11.8 Å². The molecule has 2 aromatic rings. The van der Waals surface area contributed by atoms with Crippen LogP contribution in [0.15, 0.2) is 59.5 Å². The SMILES string of the molecule is CC1(C)CN(C(=O)c2ccc(CSc3ccccc3)cc2)CCC1N. The normalized spacial score (nSPS) is 19.6. The van der Waals surface area contributed by atoms with Crippen molar-refractivity contribution in [2.45, 2.75) is 37.0 Å². The zero-order valence-electron chi connectivity index (χ0n) is 14.9. The average molecular weight is 355 g/mol. The van der Waals surface area contributed by atoms with E-state index < -0.39 is 0 Å². The van der Waals surface area contributed by atoms with Crippen molar-refractivity contribution in [3.8, 4) is 0 Å². The van der Waals surface area contributed by atoms with Crippen LogP contribution in [0.2, 0.25) is 0 Å². The highest BCUT2D eigenvalue weighted by Gasteiger charge is 2.35. The number of nitrogens with zero attached hydrogens (tertiary/aromatic N) is 1. The quantitative estimate of drug-likeness (QED) is 0.838. The Hall–Kier alpha value is -1.78. The molecule has 132 valence electrons. The van der Waals surface area contributed by atoms with Crippen molar-refractivity contribution < 1.29 is 4.79 Å². The van der Waals surface area contributed by atoms with E-state index in [1.165, 1.54) is 10.5 Å². The number of rotatable bonds is 4. The monoisotopic (exact) mass is 354 g/mol. The van der Waals surface area contributed by atoms with Crippen LogP contribution in [0.1, 0.15) is 36.2 Å². The van der Waals surface area contributed by atoms with E-state index in [1.54, 1.807) is 11.8 Å². The standard InChI is InChI=1S/C21H26N2OS/c1-21(2)15-23(13-12-19(21)22)20(24)17-10-8-16(9-11-17)14-25-18-6-4-3-5-7-18/h3-11,19H,12-15,22H2,1-2H3. The lowest BCUT2D eigenvalue weighted by Gasteiger charge is -2.42. The van der Waals surface area contributed by atoms with E-state index in [1.807, 2.05) is 23.1 Å². The van der Waals surface area contributed by atoms with Gasteiger partial charge < -0.3 is 10.6 Å². The van der Waals surface area contributed by atoms with Gasteiger partial charge in [0.15, 0.2) is 0 Å². The van der Waals surface area contributed by atoms with E-state index in [9.17, 15) is 4.79 Å². The lowest BCUT2D eigenvalue weighted by molar-refractivity contribution is 0.0533. The molecule has 4 heteroatoms. The molecule has 1 unspecified atom stereocenters. The summed E-state index contributed by atoms with van der Waals surface area (Å²) in [6.45, 7) is 5.75. The second-order valence-electron chi connectivity index (χ2n) is 7.41. The molecule has 3 rings (SSSR count). The molecule has 3 nitrogen and oxygen atoms in total. The molecule has 1 aliphatic heterocycles. The van der Waals surface area contributed by atoms with E-state index in [0.717, 1.165) is 30.8 Å². The van der Waals surface area contributed by atoms with Crippen molar-refractivity contribution in [1.29, 1.82) is 0 Å². The highest BCUT2D eigenvalue weighted by atomic mass is 32.2. The molecular formula is C21H26N2OS. The molecule has 1 amide bonds. The van der Waals surface area contributed by atoms with Crippen LogP contribution >= 0.6 is 11.8 Å². The summed E-state index contributed by atoms with van der Waals surface area (Å²) >= 11 is 1.81. The molecule has 0 aliphatic carbocycles. The van der Waals surface area contributed by atoms with Gasteiger partial charge in [-0.25, -0.2) is 0 Å². The summed E-state index contributed by atoms with van der Waals surface area (Å²) in [5, 5.41) is 0. The van der Waals surface area contributed by atoms with E-state index >= 15 is 0 Å². The third kappa shape index (κ3) is 4.44. The Balaban J connectivity index is 1.61. The van der Waals surface area contributed by atoms with Crippen molar-refractivity contribution in [1.82, 2.24) is 4.90 Å². The van der Waals surface area contributed by atoms with Crippen molar-refractivity contribution >= 4 is 17.7 Å². The summed E-state index contributed by atoms with van der Waals surface area (Å²) < 4.78 is 0. The van der Waals surface area contributed by atoms with E-state index in [0.29, 0.717) is 0 Å². The lowest BCUT2D eigenvalue weighted by atomic mass is 9.79. The van der Waals surface area contributed by atoms with Gasteiger partial charge in [0.1, 0.15) is 0 Å². The zero-order chi connectivity index (χ0) is 17.9. The molecule has 0 bridgehead atoms. The van der Waals surface area contributed by atoms with E-state index in [4.69, 9.17) is 5.73 Å². The summed E-state index contributed by atoms with van der Waals surface area (Å²) in [6.07, 6.45) is 0.866. The van der Waals surface area contributed by atoms with Crippen LogP contribution in [0.25, 0.3) is 0 Å². The largest absolute Gasteiger partial charge is 0.338 e. The summed E-state index contributed by atoms with van der Waals surface area (Å²) in [7, 11) is 0. The molecule has 1 fully saturated rings. The predicted octanol–water partition coefficient (Wildman–Crippen LogP) is 4.18. The van der Waals surface area contributed by atoms with Crippen LogP contribution in [-0.2, 0) is 5.75 Å². The minimum atomic E-state index is -0.0276. The summed E-state index contributed by atoms with van der Waals surface area (Å²) in [5.74, 6) is 1.02. The molecule has 1 saturated heterocycles. The second-order valence-corrected chi connectivity index (χ2v) is 8.46. The van der Waals surface area contributed by atoms with Gasteiger partial charge in [-0.3, -0.25) is 4.79 Å². The summed E-state index contributed by atoms with van der Waals surface area (Å²) in [5.41, 5.74) is 8.14. The second kappa shape index (κ2) is 7.63. The molecule has 0 saturated carbocycles. The van der Waals surface area contributed by atoms with Crippen molar-refractivity contribution in [3.05, 3.63) is 65.7 Å². The molecule has 0 spiro atoms. The van der Waals surface area contributed by atoms with Crippen LogP contribution in [0.4, 0.5) is 0 Å². The van der Waals surface area contributed by atoms with Crippen molar-refractivity contribution in [3.63, 3.8) is 0 Å². The Morgan fingerprint density at radius 1 is 1.16 bits per heavy atom. The van der Waals surface area contributed by atoms with Crippen LogP contribution in [-0.4, -0.2) is 29.9 Å². The first-order valence-corrected chi connectivity index (χ1v) is 9.76. The third-order valence-corrected chi connectivity index (χ3v) is 6.03. The Labute approximate surface area is 154 Å². The number of carbonyl (C=O) groups excluding carboxylic acids is 1. The Morgan fingerprint density at radius 3 is 2.48 bits per heavy atom. The number of hydrogen-bond donors (Lipinski definition) is 1. The molecule has 1 aliphatic rings. The Bertz CT molecular complexity index is 712. The summed E-state index contributed by atoms with van der Waals surface area (Å²) in [4.78, 5) is 16.0. The molecule has 2 N–H and O–H groups in total. The van der Waals surface area contributed by atoms with E-state index in [-0.39, 0.29) is 17.4 Å². The maximum absolute atomic E-state index is 12.8. The van der Waals surface area contributed by atoms with Gasteiger partial charge >= 0.3 is 0 Å². The number of thioether (sulfide) groups is 1. The first-order valence-electron chi connectivity index (χ1n) is 8.77. The van der Waals surface area contributed by atoms with Crippen LogP contribution in [0.3, 0.4) is 0 Å². The number of carbonyl (C=O) groups is 1. The Kier molecular flexibility index (Phi) is 5.50. The average Bonchev–Trinajstić information content (AvgIpc) is 2.63. The number of nitrogens with two attached hydrogens (primary N) is 1. The van der Waals surface area contributed by atoms with Gasteiger partial charge in [0.2, 0.25) is 0 Å². The molecule has 1 atom stereocenters. The predicted molar refractivity (Wildman–Crippen MR) is 105 cm³/mol. The van der Waals surface area contributed by atoms with Gasteiger partial charge in [0, 0.05) is 35.3 Å². The molecular weight excluding hydrogens is 328 g/mol. The number of hydrogen-bond acceptors (Lipinski definition) is 3. The molecule has 0 aromatic heterocycles. The van der Waals surface area contributed by atoms with Gasteiger partial charge in [-0.2, -0.15) is 0 Å². The number of likely N-dealkylation sites (tertiary alicyclic amines) is 1. The molecule has 0 radical (unpaired) electrons. The number of amides is 1. The fraction of sp³-hybridized carbons (Fsp3) is 0.381. The smallest absolute Gasteiger partial charge is 0.253 e. The van der Waals surface area contributed by atoms with Crippen molar-refractivity contribution in [2.24, 2.45) is 11.1 Å². The maximum atomic E-state index is 12.8. The van der Waals surface area contributed by atoms with Crippen LogP contribution < -0.4 is 5.73 Å². The fourth-order valence-electron chi connectivity index (χ4n) is 3.16. The Morgan fingerprint density at radius 2 is 1.84 bits per heavy atom.